The van der Waals surface area contributed by atoms with Gasteiger partial charge in [-0.1, -0.05) is 18.2 Å². The van der Waals surface area contributed by atoms with Crippen molar-refractivity contribution < 1.29 is 19.1 Å². The second-order valence-electron chi connectivity index (χ2n) is 8.26. The third-order valence-corrected chi connectivity index (χ3v) is 6.44. The predicted molar refractivity (Wildman–Crippen MR) is 115 cm³/mol. The van der Waals surface area contributed by atoms with Gasteiger partial charge < -0.3 is 19.4 Å². The summed E-state index contributed by atoms with van der Waals surface area (Å²) in [6.45, 7) is 1.49. The molecule has 3 fully saturated rings. The van der Waals surface area contributed by atoms with Crippen LogP contribution in [0, 0.1) is 0 Å². The number of nitrogens with one attached hydrogen (secondary N) is 1. The number of rotatable bonds is 2. The third-order valence-electron chi connectivity index (χ3n) is 6.44. The molecule has 9 nitrogen and oxygen atoms in total. The van der Waals surface area contributed by atoms with Gasteiger partial charge in [-0.3, -0.25) is 0 Å². The van der Waals surface area contributed by atoms with E-state index in [9.17, 15) is 9.59 Å². The number of anilines is 1. The summed E-state index contributed by atoms with van der Waals surface area (Å²) in [6, 6.07) is 12.1. The fourth-order valence-electron chi connectivity index (χ4n) is 4.87. The molecule has 0 aliphatic carbocycles. The van der Waals surface area contributed by atoms with Crippen molar-refractivity contribution in [1.82, 2.24) is 20.1 Å². The Morgan fingerprint density at radius 1 is 0.969 bits per heavy atom. The summed E-state index contributed by atoms with van der Waals surface area (Å²) >= 11 is 0. The minimum Gasteiger partial charge on any atom is -0.403 e. The molecule has 2 bridgehead atoms. The highest BCUT2D eigenvalue weighted by atomic mass is 16.8. The third kappa shape index (κ3) is 3.04. The van der Waals surface area contributed by atoms with Gasteiger partial charge in [-0.05, 0) is 31.0 Å². The zero-order valence-electron chi connectivity index (χ0n) is 17.2. The Balaban J connectivity index is 1.35. The number of H-pyrrole nitrogens is 1. The Hall–Kier alpha value is -3.72. The fraction of sp³-hybridized carbons (Fsp3) is 0.304. The quantitative estimate of drug-likeness (QED) is 0.617. The van der Waals surface area contributed by atoms with Crippen molar-refractivity contribution in [2.75, 3.05) is 24.5 Å². The van der Waals surface area contributed by atoms with Gasteiger partial charge in [0, 0.05) is 53.9 Å². The van der Waals surface area contributed by atoms with E-state index in [1.54, 1.807) is 0 Å². The second-order valence-corrected chi connectivity index (χ2v) is 8.26. The molecule has 0 radical (unpaired) electrons. The topological polar surface area (TPSA) is 101 Å². The van der Waals surface area contributed by atoms with Gasteiger partial charge in [0.2, 0.25) is 0 Å². The number of aromatic nitrogens is 3. The van der Waals surface area contributed by atoms with Crippen molar-refractivity contribution >= 4 is 28.7 Å². The number of aromatic amines is 1. The van der Waals surface area contributed by atoms with Crippen LogP contribution in [0.25, 0.3) is 22.2 Å². The highest BCUT2D eigenvalue weighted by Gasteiger charge is 2.52. The van der Waals surface area contributed by atoms with E-state index in [2.05, 4.69) is 15.2 Å². The number of benzene rings is 1. The first-order chi connectivity index (χ1) is 15.6. The zero-order valence-corrected chi connectivity index (χ0v) is 17.2. The van der Waals surface area contributed by atoms with Gasteiger partial charge in [0.15, 0.2) is 5.82 Å². The summed E-state index contributed by atoms with van der Waals surface area (Å²) in [5.74, 6) is -2.00. The molecular formula is C23H21N5O4. The van der Waals surface area contributed by atoms with E-state index in [0.29, 0.717) is 18.9 Å². The van der Waals surface area contributed by atoms with Crippen LogP contribution in [0.4, 0.5) is 5.82 Å². The number of fused-ring (bicyclic) bond motifs is 4. The number of hydrogen-bond acceptors (Lipinski definition) is 8. The van der Waals surface area contributed by atoms with E-state index in [4.69, 9.17) is 9.47 Å². The number of carbonyl (C=O) groups is 2. The average Bonchev–Trinajstić information content (AvgIpc) is 3.05. The van der Waals surface area contributed by atoms with Gasteiger partial charge in [0.25, 0.3) is 0 Å². The number of nitrogens with zero attached hydrogens (tertiary/aromatic N) is 4. The molecule has 0 amide bonds. The van der Waals surface area contributed by atoms with Crippen LogP contribution >= 0.6 is 0 Å². The molecule has 1 spiro atoms. The molecule has 32 heavy (non-hydrogen) atoms. The number of para-hydroxylation sites is 1. The highest BCUT2D eigenvalue weighted by Crippen LogP contribution is 2.36. The monoisotopic (exact) mass is 431 g/mol. The van der Waals surface area contributed by atoms with Gasteiger partial charge in [-0.15, -0.1) is 10.2 Å². The Kier molecular flexibility index (Phi) is 4.25. The summed E-state index contributed by atoms with van der Waals surface area (Å²) in [5.41, 5.74) is 2.79. The summed E-state index contributed by atoms with van der Waals surface area (Å²) in [7, 11) is 0. The number of ether oxygens (including phenoxy) is 2. The van der Waals surface area contributed by atoms with Crippen molar-refractivity contribution in [2.45, 2.75) is 24.8 Å². The molecule has 2 aromatic heterocycles. The van der Waals surface area contributed by atoms with Crippen LogP contribution in [0.15, 0.2) is 54.7 Å². The van der Waals surface area contributed by atoms with Crippen LogP contribution in [0.3, 0.4) is 0 Å². The van der Waals surface area contributed by atoms with Crippen LogP contribution in [0.2, 0.25) is 0 Å². The molecule has 4 aliphatic rings. The molecule has 0 atom stereocenters. The molecule has 1 N–H and O–H groups in total. The lowest BCUT2D eigenvalue weighted by Gasteiger charge is -2.39. The van der Waals surface area contributed by atoms with Crippen molar-refractivity contribution in [3.05, 3.63) is 54.7 Å². The normalized spacial score (nSPS) is 24.3. The maximum atomic E-state index is 12.2. The van der Waals surface area contributed by atoms with Crippen molar-refractivity contribution in [1.29, 1.82) is 0 Å². The Bertz CT molecular complexity index is 1210. The molecule has 3 saturated heterocycles. The molecule has 4 aliphatic heterocycles. The van der Waals surface area contributed by atoms with E-state index >= 15 is 0 Å². The van der Waals surface area contributed by atoms with Gasteiger partial charge in [0.05, 0.1) is 5.69 Å². The fourth-order valence-corrected chi connectivity index (χ4v) is 4.87. The summed E-state index contributed by atoms with van der Waals surface area (Å²) < 4.78 is 11.3. The molecule has 9 heteroatoms. The van der Waals surface area contributed by atoms with Crippen molar-refractivity contribution in [3.63, 3.8) is 0 Å². The van der Waals surface area contributed by atoms with Gasteiger partial charge in [-0.2, -0.15) is 0 Å². The zero-order chi connectivity index (χ0) is 21.7. The number of piperidine rings is 1. The first-order valence-corrected chi connectivity index (χ1v) is 10.7. The second kappa shape index (κ2) is 7.16. The molecular weight excluding hydrogens is 410 g/mol. The molecule has 7 rings (SSSR count). The van der Waals surface area contributed by atoms with Crippen molar-refractivity contribution in [2.24, 2.45) is 0 Å². The lowest BCUT2D eigenvalue weighted by Crippen LogP contribution is -2.58. The standard InChI is InChI=1S/C23H21N5O4/c29-21-7-8-22(30)32-23(31-21)14-28(15-9-11-27(23)12-10-15)20-6-5-19(25-26-20)17-13-24-18-4-2-1-3-16(17)18/h1-8,13,15,24H,9-12,14H2. The molecule has 6 heterocycles. The largest absolute Gasteiger partial charge is 0.403 e. The highest BCUT2D eigenvalue weighted by molar-refractivity contribution is 5.94. The van der Waals surface area contributed by atoms with Crippen LogP contribution in [-0.4, -0.2) is 63.6 Å². The van der Waals surface area contributed by atoms with Gasteiger partial charge in [0.1, 0.15) is 6.54 Å². The van der Waals surface area contributed by atoms with Crippen LogP contribution in [0.5, 0.6) is 0 Å². The van der Waals surface area contributed by atoms with E-state index in [1.165, 1.54) is 0 Å². The maximum Gasteiger partial charge on any atom is 0.339 e. The van der Waals surface area contributed by atoms with E-state index < -0.39 is 17.8 Å². The maximum absolute atomic E-state index is 12.2. The van der Waals surface area contributed by atoms with Gasteiger partial charge in [-0.25, -0.2) is 14.5 Å². The molecule has 162 valence electrons. The van der Waals surface area contributed by atoms with E-state index in [-0.39, 0.29) is 12.6 Å². The lowest BCUT2D eigenvalue weighted by atomic mass is 10.1. The van der Waals surface area contributed by atoms with Crippen molar-refractivity contribution in [3.8, 4) is 11.3 Å². The number of hydrogen-bond donors (Lipinski definition) is 1. The Morgan fingerprint density at radius 2 is 1.72 bits per heavy atom. The SMILES string of the molecule is O=C1C=CC(=O)OC2(CN(c3ccc(-c4c[nH]c5ccccc45)nn3)C3CCN2CC3)O1. The first-order valence-electron chi connectivity index (χ1n) is 10.7. The minimum absolute atomic E-state index is 0.179. The van der Waals surface area contributed by atoms with E-state index in [1.807, 2.05) is 52.4 Å². The van der Waals surface area contributed by atoms with E-state index in [0.717, 1.165) is 47.2 Å². The molecule has 0 unspecified atom stereocenters. The number of carbonyl (C=O) groups excluding carboxylic acids is 2. The Labute approximate surface area is 183 Å². The van der Waals surface area contributed by atoms with Crippen LogP contribution in [0.1, 0.15) is 12.8 Å². The number of esters is 2. The Morgan fingerprint density at radius 3 is 2.44 bits per heavy atom. The molecule has 0 saturated carbocycles. The summed E-state index contributed by atoms with van der Waals surface area (Å²) in [4.78, 5) is 31.6. The van der Waals surface area contributed by atoms with Crippen LogP contribution < -0.4 is 4.90 Å². The van der Waals surface area contributed by atoms with Gasteiger partial charge >= 0.3 is 17.8 Å². The smallest absolute Gasteiger partial charge is 0.339 e. The molecule has 3 aromatic rings. The first kappa shape index (κ1) is 19.0. The summed E-state index contributed by atoms with van der Waals surface area (Å²) in [6.07, 6.45) is 5.83. The average molecular weight is 431 g/mol. The minimum atomic E-state index is -1.47. The summed E-state index contributed by atoms with van der Waals surface area (Å²) in [5, 5.41) is 10.1. The predicted octanol–water partition coefficient (Wildman–Crippen LogP) is 2.22. The van der Waals surface area contributed by atoms with Crippen LogP contribution in [-0.2, 0) is 19.1 Å². The molecule has 1 aromatic carbocycles. The lowest BCUT2D eigenvalue weighted by molar-refractivity contribution is -0.274.